The fourth-order valence-corrected chi connectivity index (χ4v) is 5.73. The lowest BCUT2D eigenvalue weighted by atomic mass is 9.90. The topological polar surface area (TPSA) is 34.5 Å². The van der Waals surface area contributed by atoms with Gasteiger partial charge in [0, 0.05) is 24.2 Å². The fourth-order valence-electron chi connectivity index (χ4n) is 4.77. The van der Waals surface area contributed by atoms with Crippen LogP contribution in [0.1, 0.15) is 73.2 Å². The van der Waals surface area contributed by atoms with Crippen LogP contribution in [0, 0.1) is 0 Å². The Kier molecular flexibility index (Phi) is 5.60. The molecule has 0 bridgehead atoms. The number of benzene rings is 1. The van der Waals surface area contributed by atoms with Crippen molar-refractivity contribution in [3.8, 4) is 0 Å². The molecule has 0 spiro atoms. The van der Waals surface area contributed by atoms with Crippen LogP contribution in [0.2, 0.25) is 5.02 Å². The highest BCUT2D eigenvalue weighted by Crippen LogP contribution is 2.46. The van der Waals surface area contributed by atoms with Crippen molar-refractivity contribution in [3.05, 3.63) is 56.8 Å². The standard InChI is InChI=1S/C22H26BrClN2O2/c1-13(2)25-19(23)12-18-21(25)20(14-4-6-15(24)7-5-14)26(22(18)27)16-8-10-17(28-3)11-9-16/h4-7,12-13,16-17,20H,8-11H2,1-3H3/t16?,17?,20-/m0/s1. The van der Waals surface area contributed by atoms with Crippen LogP contribution in [-0.4, -0.2) is 34.6 Å². The molecule has 0 N–H and O–H groups in total. The van der Waals surface area contributed by atoms with Crippen LogP contribution >= 0.6 is 27.5 Å². The number of halogens is 2. The minimum absolute atomic E-state index is 0.0856. The molecule has 1 aliphatic carbocycles. The molecule has 1 aromatic carbocycles. The molecule has 1 aliphatic heterocycles. The van der Waals surface area contributed by atoms with Crippen molar-refractivity contribution in [1.29, 1.82) is 0 Å². The normalized spacial score (nSPS) is 24.9. The highest BCUT2D eigenvalue weighted by atomic mass is 79.9. The largest absolute Gasteiger partial charge is 0.381 e. The van der Waals surface area contributed by atoms with Crippen LogP contribution in [0.25, 0.3) is 0 Å². The van der Waals surface area contributed by atoms with Gasteiger partial charge in [0.2, 0.25) is 0 Å². The second-order valence-electron chi connectivity index (χ2n) is 8.06. The van der Waals surface area contributed by atoms with Gasteiger partial charge in [0.1, 0.15) is 0 Å². The van der Waals surface area contributed by atoms with E-state index >= 15 is 0 Å². The monoisotopic (exact) mass is 464 g/mol. The first-order chi connectivity index (χ1) is 13.4. The summed E-state index contributed by atoms with van der Waals surface area (Å²) in [5.74, 6) is 0.135. The van der Waals surface area contributed by atoms with E-state index < -0.39 is 0 Å². The molecule has 6 heteroatoms. The quantitative estimate of drug-likeness (QED) is 0.556. The predicted molar refractivity (Wildman–Crippen MR) is 115 cm³/mol. The highest BCUT2D eigenvalue weighted by Gasteiger charge is 2.45. The number of carbonyl (C=O) groups excluding carboxylic acids is 1. The molecule has 0 radical (unpaired) electrons. The molecule has 1 saturated carbocycles. The Hall–Kier alpha value is -1.30. The van der Waals surface area contributed by atoms with Gasteiger partial charge in [-0.05, 0) is 79.2 Å². The lowest BCUT2D eigenvalue weighted by molar-refractivity contribution is 0.0294. The van der Waals surface area contributed by atoms with Crippen molar-refractivity contribution in [3.63, 3.8) is 0 Å². The summed E-state index contributed by atoms with van der Waals surface area (Å²) in [5, 5.41) is 0.709. The molecule has 4 rings (SSSR count). The summed E-state index contributed by atoms with van der Waals surface area (Å²) in [6.45, 7) is 4.31. The smallest absolute Gasteiger partial charge is 0.256 e. The number of rotatable bonds is 4. The van der Waals surface area contributed by atoms with E-state index in [1.165, 1.54) is 0 Å². The van der Waals surface area contributed by atoms with Crippen LogP contribution < -0.4 is 0 Å². The molecule has 1 fully saturated rings. The van der Waals surface area contributed by atoms with Crippen molar-refractivity contribution in [1.82, 2.24) is 9.47 Å². The maximum atomic E-state index is 13.5. The van der Waals surface area contributed by atoms with Gasteiger partial charge >= 0.3 is 0 Å². The van der Waals surface area contributed by atoms with Gasteiger partial charge in [0.05, 0.1) is 28.0 Å². The molecular formula is C22H26BrClN2O2. The lowest BCUT2D eigenvalue weighted by Crippen LogP contribution is -2.42. The zero-order valence-corrected chi connectivity index (χ0v) is 18.8. The molecule has 1 amide bonds. The predicted octanol–water partition coefficient (Wildman–Crippen LogP) is 5.99. The number of methoxy groups -OCH3 is 1. The Labute approximate surface area is 179 Å². The first kappa shape index (κ1) is 20.0. The second kappa shape index (κ2) is 7.85. The van der Waals surface area contributed by atoms with E-state index in [-0.39, 0.29) is 24.0 Å². The van der Waals surface area contributed by atoms with Gasteiger partial charge in [-0.3, -0.25) is 4.79 Å². The zero-order chi connectivity index (χ0) is 20.0. The van der Waals surface area contributed by atoms with Crippen molar-refractivity contribution in [2.75, 3.05) is 7.11 Å². The number of hydrogen-bond acceptors (Lipinski definition) is 2. The first-order valence-electron chi connectivity index (χ1n) is 9.94. The van der Waals surface area contributed by atoms with Crippen LogP contribution in [-0.2, 0) is 4.74 Å². The van der Waals surface area contributed by atoms with Gasteiger partial charge in [-0.1, -0.05) is 23.7 Å². The Morgan fingerprint density at radius 3 is 2.36 bits per heavy atom. The van der Waals surface area contributed by atoms with Crippen molar-refractivity contribution >= 4 is 33.4 Å². The highest BCUT2D eigenvalue weighted by molar-refractivity contribution is 9.10. The van der Waals surface area contributed by atoms with Gasteiger partial charge < -0.3 is 14.2 Å². The number of carbonyl (C=O) groups is 1. The van der Waals surface area contributed by atoms with Crippen LogP contribution in [0.15, 0.2) is 34.9 Å². The molecule has 4 nitrogen and oxygen atoms in total. The third kappa shape index (κ3) is 3.31. The van der Waals surface area contributed by atoms with Crippen molar-refractivity contribution < 1.29 is 9.53 Å². The summed E-state index contributed by atoms with van der Waals surface area (Å²) in [7, 11) is 1.78. The number of fused-ring (bicyclic) bond motifs is 1. The van der Waals surface area contributed by atoms with Gasteiger partial charge in [-0.2, -0.15) is 0 Å². The second-order valence-corrected chi connectivity index (χ2v) is 9.31. The summed E-state index contributed by atoms with van der Waals surface area (Å²) in [6, 6.07) is 10.3. The van der Waals surface area contributed by atoms with E-state index in [1.807, 2.05) is 18.2 Å². The lowest BCUT2D eigenvalue weighted by Gasteiger charge is -2.38. The number of hydrogen-bond donors (Lipinski definition) is 0. The van der Waals surface area contributed by atoms with Gasteiger partial charge in [-0.15, -0.1) is 0 Å². The van der Waals surface area contributed by atoms with Crippen LogP contribution in [0.5, 0.6) is 0 Å². The van der Waals surface area contributed by atoms with Gasteiger partial charge in [0.15, 0.2) is 0 Å². The maximum Gasteiger partial charge on any atom is 0.256 e. The van der Waals surface area contributed by atoms with E-state index in [9.17, 15) is 4.79 Å². The van der Waals surface area contributed by atoms with Crippen LogP contribution in [0.4, 0.5) is 0 Å². The Balaban J connectivity index is 1.79. The number of amides is 1. The van der Waals surface area contributed by atoms with Gasteiger partial charge in [-0.25, -0.2) is 0 Å². The van der Waals surface area contributed by atoms with E-state index in [0.717, 1.165) is 47.1 Å². The van der Waals surface area contributed by atoms with Gasteiger partial charge in [0.25, 0.3) is 5.91 Å². The van der Waals surface area contributed by atoms with Crippen molar-refractivity contribution in [2.45, 2.75) is 63.8 Å². The molecule has 2 heterocycles. The Morgan fingerprint density at radius 2 is 1.79 bits per heavy atom. The minimum Gasteiger partial charge on any atom is -0.381 e. The van der Waals surface area contributed by atoms with E-state index in [1.54, 1.807) is 7.11 Å². The molecule has 28 heavy (non-hydrogen) atoms. The number of ether oxygens (including phenoxy) is 1. The van der Waals surface area contributed by atoms with E-state index in [2.05, 4.69) is 51.4 Å². The number of aromatic nitrogens is 1. The van der Waals surface area contributed by atoms with Crippen molar-refractivity contribution in [2.24, 2.45) is 0 Å². The summed E-state index contributed by atoms with van der Waals surface area (Å²) < 4.78 is 8.74. The van der Waals surface area contributed by atoms with E-state index in [4.69, 9.17) is 16.3 Å². The fraction of sp³-hybridized carbons (Fsp3) is 0.500. The van der Waals surface area contributed by atoms with Crippen LogP contribution in [0.3, 0.4) is 0 Å². The minimum atomic E-state index is -0.0856. The summed E-state index contributed by atoms with van der Waals surface area (Å²) >= 11 is 9.81. The third-order valence-corrected chi connectivity index (χ3v) is 6.97. The average Bonchev–Trinajstić information content (AvgIpc) is 3.16. The first-order valence-corrected chi connectivity index (χ1v) is 11.1. The molecule has 2 aromatic rings. The molecule has 150 valence electrons. The molecule has 1 atom stereocenters. The Bertz CT molecular complexity index is 869. The molecule has 1 aromatic heterocycles. The molecule has 0 unspecified atom stereocenters. The van der Waals surface area contributed by atoms with E-state index in [0.29, 0.717) is 11.1 Å². The summed E-state index contributed by atoms with van der Waals surface area (Å²) in [5.41, 5.74) is 3.01. The summed E-state index contributed by atoms with van der Waals surface area (Å²) in [4.78, 5) is 15.6. The Morgan fingerprint density at radius 1 is 1.14 bits per heavy atom. The molecule has 0 saturated heterocycles. The number of nitrogens with zero attached hydrogens (tertiary/aromatic N) is 2. The maximum absolute atomic E-state index is 13.5. The summed E-state index contributed by atoms with van der Waals surface area (Å²) in [6.07, 6.45) is 4.25. The third-order valence-electron chi connectivity index (χ3n) is 6.10. The average molecular weight is 466 g/mol. The zero-order valence-electron chi connectivity index (χ0n) is 16.5. The molecule has 2 aliphatic rings. The molecular weight excluding hydrogens is 440 g/mol. The SMILES string of the molecule is COC1CCC(N2C(=O)c3cc(Br)n(C(C)C)c3[C@@H]2c2ccc(Cl)cc2)CC1.